The summed E-state index contributed by atoms with van der Waals surface area (Å²) in [5, 5.41) is 0. The maximum Gasteiger partial charge on any atom is 0.252 e. The van der Waals surface area contributed by atoms with E-state index in [1.165, 1.54) is 16.9 Å². The molecule has 1 aliphatic rings. The van der Waals surface area contributed by atoms with Crippen molar-refractivity contribution in [3.8, 4) is 5.75 Å². The summed E-state index contributed by atoms with van der Waals surface area (Å²) in [6, 6.07) is 11.4. The largest absolute Gasteiger partial charge is 0.497 e. The van der Waals surface area contributed by atoms with Crippen LogP contribution in [0.2, 0.25) is 0 Å². The molecule has 1 aromatic heterocycles. The first-order valence-corrected chi connectivity index (χ1v) is 10.6. The molecule has 1 aromatic carbocycles. The zero-order valence-corrected chi connectivity index (χ0v) is 16.5. The molecule has 130 valence electrons. The molecule has 0 saturated carbocycles. The van der Waals surface area contributed by atoms with Crippen LogP contribution in [-0.2, 0) is 16.6 Å². The molecule has 0 aliphatic carbocycles. The van der Waals surface area contributed by atoms with Gasteiger partial charge in [0.1, 0.15) is 9.96 Å². The Morgan fingerprint density at radius 3 is 2.54 bits per heavy atom. The van der Waals surface area contributed by atoms with Crippen LogP contribution in [-0.4, -0.2) is 50.9 Å². The van der Waals surface area contributed by atoms with Crippen molar-refractivity contribution in [3.63, 3.8) is 0 Å². The Labute approximate surface area is 155 Å². The van der Waals surface area contributed by atoms with Crippen molar-refractivity contribution in [1.29, 1.82) is 0 Å². The molecule has 0 amide bonds. The number of hydrogen-bond acceptors (Lipinski definition) is 5. The highest BCUT2D eigenvalue weighted by atomic mass is 79.9. The highest BCUT2D eigenvalue weighted by molar-refractivity contribution is 9.11. The van der Waals surface area contributed by atoms with E-state index < -0.39 is 10.0 Å². The lowest BCUT2D eigenvalue weighted by Gasteiger charge is -2.33. The van der Waals surface area contributed by atoms with E-state index in [2.05, 4.69) is 26.9 Å². The zero-order valence-electron chi connectivity index (χ0n) is 13.3. The summed E-state index contributed by atoms with van der Waals surface area (Å²) < 4.78 is 33.3. The van der Waals surface area contributed by atoms with E-state index in [0.717, 1.165) is 29.2 Å². The lowest BCUT2D eigenvalue weighted by molar-refractivity contribution is 0.181. The summed E-state index contributed by atoms with van der Waals surface area (Å²) >= 11 is 4.58. The van der Waals surface area contributed by atoms with E-state index in [1.54, 1.807) is 23.5 Å². The van der Waals surface area contributed by atoms with Gasteiger partial charge in [0.15, 0.2) is 0 Å². The van der Waals surface area contributed by atoms with Crippen molar-refractivity contribution >= 4 is 37.3 Å². The highest BCUT2D eigenvalue weighted by Gasteiger charge is 2.29. The van der Waals surface area contributed by atoms with Crippen molar-refractivity contribution in [2.24, 2.45) is 0 Å². The average Bonchev–Trinajstić information content (AvgIpc) is 3.03. The molecule has 0 spiro atoms. The minimum absolute atomic E-state index is 0.399. The number of piperazine rings is 1. The van der Waals surface area contributed by atoms with Crippen LogP contribution >= 0.6 is 27.3 Å². The zero-order chi connectivity index (χ0) is 17.2. The van der Waals surface area contributed by atoms with Gasteiger partial charge in [-0.25, -0.2) is 8.42 Å². The Morgan fingerprint density at radius 2 is 1.92 bits per heavy atom. The predicted octanol–water partition coefficient (Wildman–Crippen LogP) is 3.03. The molecule has 5 nitrogen and oxygen atoms in total. The van der Waals surface area contributed by atoms with Gasteiger partial charge in [-0.1, -0.05) is 12.1 Å². The smallest absolute Gasteiger partial charge is 0.252 e. The lowest BCUT2D eigenvalue weighted by atomic mass is 10.2. The quantitative estimate of drug-likeness (QED) is 0.731. The minimum Gasteiger partial charge on any atom is -0.497 e. The second-order valence-corrected chi connectivity index (χ2v) is 10.2. The summed E-state index contributed by atoms with van der Waals surface area (Å²) in [5.41, 5.74) is 1.17. The van der Waals surface area contributed by atoms with Gasteiger partial charge in [0.05, 0.1) is 10.9 Å². The first-order chi connectivity index (χ1) is 11.5. The van der Waals surface area contributed by atoms with Crippen LogP contribution in [0.3, 0.4) is 0 Å². The molecule has 3 rings (SSSR count). The Morgan fingerprint density at radius 1 is 1.17 bits per heavy atom. The molecule has 0 atom stereocenters. The summed E-state index contributed by atoms with van der Waals surface area (Å²) in [6.07, 6.45) is 0. The maximum atomic E-state index is 12.6. The molecule has 0 radical (unpaired) electrons. The highest BCUT2D eigenvalue weighted by Crippen LogP contribution is 2.29. The fraction of sp³-hybridized carbons (Fsp3) is 0.375. The maximum absolute atomic E-state index is 12.6. The molecule has 0 unspecified atom stereocenters. The second kappa shape index (κ2) is 7.53. The number of benzene rings is 1. The van der Waals surface area contributed by atoms with Gasteiger partial charge in [0.25, 0.3) is 10.0 Å². The summed E-state index contributed by atoms with van der Waals surface area (Å²) in [5.74, 6) is 0.844. The Bertz CT molecular complexity index is 799. The van der Waals surface area contributed by atoms with Crippen LogP contribution in [0.4, 0.5) is 0 Å². The molecule has 2 aromatic rings. The molecule has 8 heteroatoms. The summed E-state index contributed by atoms with van der Waals surface area (Å²) in [4.78, 5) is 2.27. The number of nitrogens with zero attached hydrogens (tertiary/aromatic N) is 2. The van der Waals surface area contributed by atoms with Crippen molar-refractivity contribution < 1.29 is 13.2 Å². The normalized spacial score (nSPS) is 17.1. The Hall–Kier alpha value is -0.930. The van der Waals surface area contributed by atoms with E-state index >= 15 is 0 Å². The number of hydrogen-bond donors (Lipinski definition) is 0. The van der Waals surface area contributed by atoms with Gasteiger partial charge in [-0.05, 0) is 45.8 Å². The first-order valence-electron chi connectivity index (χ1n) is 7.60. The van der Waals surface area contributed by atoms with Gasteiger partial charge < -0.3 is 4.74 Å². The van der Waals surface area contributed by atoms with Gasteiger partial charge in [-0.2, -0.15) is 4.31 Å². The van der Waals surface area contributed by atoms with Crippen LogP contribution < -0.4 is 4.74 Å². The van der Waals surface area contributed by atoms with Crippen molar-refractivity contribution in [2.45, 2.75) is 10.8 Å². The monoisotopic (exact) mass is 430 g/mol. The standard InChI is InChI=1S/C16H19BrN2O3S2/c1-22-14-4-2-3-13(11-14)12-18-7-9-19(10-8-18)24(20,21)16-6-5-15(17)23-16/h2-6,11H,7-10,12H2,1H3. The topological polar surface area (TPSA) is 49.9 Å². The van der Waals surface area contributed by atoms with E-state index in [9.17, 15) is 8.42 Å². The SMILES string of the molecule is COc1cccc(CN2CCN(S(=O)(=O)c3ccc(Br)s3)CC2)c1. The average molecular weight is 431 g/mol. The fourth-order valence-electron chi connectivity index (χ4n) is 2.72. The summed E-state index contributed by atoms with van der Waals surface area (Å²) in [7, 11) is -1.71. The van der Waals surface area contributed by atoms with Gasteiger partial charge in [-0.3, -0.25) is 4.90 Å². The Kier molecular flexibility index (Phi) is 5.61. The van der Waals surface area contributed by atoms with Gasteiger partial charge in [0, 0.05) is 32.7 Å². The molecule has 1 saturated heterocycles. The Balaban J connectivity index is 1.61. The van der Waals surface area contributed by atoms with Crippen molar-refractivity contribution in [1.82, 2.24) is 9.21 Å². The van der Waals surface area contributed by atoms with E-state index in [4.69, 9.17) is 4.74 Å². The fourth-order valence-corrected chi connectivity index (χ4v) is 6.31. The predicted molar refractivity (Wildman–Crippen MR) is 99.0 cm³/mol. The molecule has 2 heterocycles. The second-order valence-electron chi connectivity index (χ2n) is 5.59. The molecule has 1 aliphatic heterocycles. The molecule has 1 fully saturated rings. The van der Waals surface area contributed by atoms with Crippen LogP contribution in [0, 0.1) is 0 Å². The van der Waals surface area contributed by atoms with Gasteiger partial charge >= 0.3 is 0 Å². The number of rotatable bonds is 5. The first kappa shape index (κ1) is 17.9. The number of halogens is 1. The van der Waals surface area contributed by atoms with Crippen LogP contribution in [0.1, 0.15) is 5.56 Å². The van der Waals surface area contributed by atoms with E-state index in [1.807, 2.05) is 18.2 Å². The third-order valence-corrected chi connectivity index (χ3v) is 8.00. The van der Waals surface area contributed by atoms with Crippen LogP contribution in [0.5, 0.6) is 5.75 Å². The molecule has 0 N–H and O–H groups in total. The number of thiophene rings is 1. The van der Waals surface area contributed by atoms with E-state index in [-0.39, 0.29) is 0 Å². The van der Waals surface area contributed by atoms with Gasteiger partial charge in [0.2, 0.25) is 0 Å². The van der Waals surface area contributed by atoms with Gasteiger partial charge in [-0.15, -0.1) is 11.3 Å². The van der Waals surface area contributed by atoms with E-state index in [0.29, 0.717) is 17.3 Å². The molecular formula is C16H19BrN2O3S2. The van der Waals surface area contributed by atoms with Crippen LogP contribution in [0.25, 0.3) is 0 Å². The van der Waals surface area contributed by atoms with Crippen molar-refractivity contribution in [3.05, 3.63) is 45.7 Å². The third-order valence-electron chi connectivity index (χ3n) is 4.01. The van der Waals surface area contributed by atoms with Crippen molar-refractivity contribution in [2.75, 3.05) is 33.3 Å². The molecule has 24 heavy (non-hydrogen) atoms. The number of sulfonamides is 1. The van der Waals surface area contributed by atoms with Crippen LogP contribution in [0.15, 0.2) is 44.4 Å². The molecule has 0 bridgehead atoms. The summed E-state index contributed by atoms with van der Waals surface area (Å²) in [6.45, 7) is 3.28. The number of ether oxygens (including phenoxy) is 1. The minimum atomic E-state index is -3.37. The molecular weight excluding hydrogens is 412 g/mol. The third kappa shape index (κ3) is 4.00. The number of methoxy groups -OCH3 is 1. The lowest BCUT2D eigenvalue weighted by Crippen LogP contribution is -2.48.